The van der Waals surface area contributed by atoms with E-state index in [2.05, 4.69) is 4.98 Å². The molecule has 0 spiro atoms. The van der Waals surface area contributed by atoms with Crippen molar-refractivity contribution in [3.63, 3.8) is 0 Å². The molecule has 2 heterocycles. The van der Waals surface area contributed by atoms with Gasteiger partial charge in [0.1, 0.15) is 6.04 Å². The van der Waals surface area contributed by atoms with Crippen LogP contribution in [0.3, 0.4) is 0 Å². The van der Waals surface area contributed by atoms with Crippen molar-refractivity contribution in [2.24, 2.45) is 0 Å². The van der Waals surface area contributed by atoms with Crippen LogP contribution in [0.1, 0.15) is 18.1 Å². The lowest BCUT2D eigenvalue weighted by molar-refractivity contribution is -0.127. The van der Waals surface area contributed by atoms with Crippen LogP contribution in [0.4, 0.5) is 4.79 Å². The van der Waals surface area contributed by atoms with E-state index in [1.165, 1.54) is 9.80 Å². The lowest BCUT2D eigenvalue weighted by Gasteiger charge is -2.14. The quantitative estimate of drug-likeness (QED) is 0.754. The Kier molecular flexibility index (Phi) is 3.32. The molecule has 0 N–H and O–H groups in total. The van der Waals surface area contributed by atoms with E-state index in [-0.39, 0.29) is 18.0 Å². The topological polar surface area (TPSA) is 53.5 Å². The van der Waals surface area contributed by atoms with Crippen LogP contribution in [-0.4, -0.2) is 46.4 Å². The third-order valence-corrected chi connectivity index (χ3v) is 3.48. The van der Waals surface area contributed by atoms with Gasteiger partial charge in [-0.2, -0.15) is 0 Å². The molecular formula is C13H17N3O2. The van der Waals surface area contributed by atoms with Gasteiger partial charge in [-0.15, -0.1) is 0 Å². The SMILES string of the molecule is Cc1cnccc1CCN1C(=O)C(C)N(C)C1=O. The molecule has 1 aromatic heterocycles. The number of carbonyl (C=O) groups excluding carboxylic acids is 2. The summed E-state index contributed by atoms with van der Waals surface area (Å²) in [6, 6.07) is 1.36. The van der Waals surface area contributed by atoms with Crippen LogP contribution in [0.15, 0.2) is 18.5 Å². The molecule has 1 unspecified atom stereocenters. The fraction of sp³-hybridized carbons (Fsp3) is 0.462. The average Bonchev–Trinajstić information content (AvgIpc) is 2.54. The van der Waals surface area contributed by atoms with E-state index in [1.807, 2.05) is 13.0 Å². The van der Waals surface area contributed by atoms with Crippen LogP contribution >= 0.6 is 0 Å². The zero-order chi connectivity index (χ0) is 13.3. The summed E-state index contributed by atoms with van der Waals surface area (Å²) in [5, 5.41) is 0. The molecule has 0 saturated carbocycles. The van der Waals surface area contributed by atoms with Crippen molar-refractivity contribution in [1.82, 2.24) is 14.8 Å². The second-order valence-electron chi connectivity index (χ2n) is 4.61. The third kappa shape index (κ3) is 2.08. The van der Waals surface area contributed by atoms with Crippen LogP contribution in [0.25, 0.3) is 0 Å². The number of amides is 3. The molecule has 96 valence electrons. The van der Waals surface area contributed by atoms with E-state index in [0.29, 0.717) is 13.0 Å². The molecule has 1 atom stereocenters. The number of urea groups is 1. The van der Waals surface area contributed by atoms with Crippen molar-refractivity contribution in [2.45, 2.75) is 26.3 Å². The first-order valence-electron chi connectivity index (χ1n) is 6.00. The number of imide groups is 1. The first-order chi connectivity index (χ1) is 8.52. The second kappa shape index (κ2) is 4.76. The standard InChI is InChI=1S/C13H17N3O2/c1-9-8-14-6-4-11(9)5-7-16-12(17)10(2)15(3)13(16)18/h4,6,8,10H,5,7H2,1-3H3. The molecule has 5 heteroatoms. The summed E-state index contributed by atoms with van der Waals surface area (Å²) < 4.78 is 0. The highest BCUT2D eigenvalue weighted by molar-refractivity contribution is 6.03. The highest BCUT2D eigenvalue weighted by atomic mass is 16.2. The summed E-state index contributed by atoms with van der Waals surface area (Å²) in [4.78, 5) is 30.6. The van der Waals surface area contributed by atoms with Crippen molar-refractivity contribution >= 4 is 11.9 Å². The van der Waals surface area contributed by atoms with Crippen molar-refractivity contribution in [3.05, 3.63) is 29.6 Å². The lowest BCUT2D eigenvalue weighted by atomic mass is 10.1. The Morgan fingerprint density at radius 3 is 2.67 bits per heavy atom. The van der Waals surface area contributed by atoms with Gasteiger partial charge >= 0.3 is 6.03 Å². The summed E-state index contributed by atoms with van der Waals surface area (Å²) in [5.74, 6) is -0.116. The van der Waals surface area contributed by atoms with E-state index in [1.54, 1.807) is 26.4 Å². The maximum absolute atomic E-state index is 11.9. The van der Waals surface area contributed by atoms with E-state index < -0.39 is 0 Å². The van der Waals surface area contributed by atoms with Crippen LogP contribution in [0.2, 0.25) is 0 Å². The third-order valence-electron chi connectivity index (χ3n) is 3.48. The number of pyridine rings is 1. The molecule has 5 nitrogen and oxygen atoms in total. The fourth-order valence-electron chi connectivity index (χ4n) is 2.06. The number of hydrogen-bond donors (Lipinski definition) is 0. The fourth-order valence-corrected chi connectivity index (χ4v) is 2.06. The van der Waals surface area contributed by atoms with Crippen molar-refractivity contribution in [2.75, 3.05) is 13.6 Å². The predicted octanol–water partition coefficient (Wildman–Crippen LogP) is 1.22. The van der Waals surface area contributed by atoms with Crippen molar-refractivity contribution in [3.8, 4) is 0 Å². The maximum Gasteiger partial charge on any atom is 0.327 e. The van der Waals surface area contributed by atoms with Crippen molar-refractivity contribution in [1.29, 1.82) is 0 Å². The highest BCUT2D eigenvalue weighted by Gasteiger charge is 2.39. The zero-order valence-electron chi connectivity index (χ0n) is 10.9. The molecule has 0 bridgehead atoms. The number of hydrogen-bond acceptors (Lipinski definition) is 3. The summed E-state index contributed by atoms with van der Waals surface area (Å²) in [7, 11) is 1.66. The number of carbonyl (C=O) groups is 2. The van der Waals surface area contributed by atoms with Crippen LogP contribution in [-0.2, 0) is 11.2 Å². The first-order valence-corrected chi connectivity index (χ1v) is 6.00. The molecular weight excluding hydrogens is 230 g/mol. The Hall–Kier alpha value is -1.91. The molecule has 1 saturated heterocycles. The molecule has 3 amide bonds. The Morgan fingerprint density at radius 2 is 2.11 bits per heavy atom. The molecule has 2 rings (SSSR count). The van der Waals surface area contributed by atoms with Crippen LogP contribution < -0.4 is 0 Å². The van der Waals surface area contributed by atoms with Gasteiger partial charge in [0.15, 0.2) is 0 Å². The van der Waals surface area contributed by atoms with Crippen molar-refractivity contribution < 1.29 is 9.59 Å². The summed E-state index contributed by atoms with van der Waals surface area (Å²) >= 11 is 0. The Bertz CT molecular complexity index is 467. The number of rotatable bonds is 3. The van der Waals surface area contributed by atoms with Gasteiger partial charge in [-0.3, -0.25) is 14.7 Å². The smallest absolute Gasteiger partial charge is 0.316 e. The normalized spacial score (nSPS) is 19.8. The number of nitrogens with zero attached hydrogens (tertiary/aromatic N) is 3. The zero-order valence-corrected chi connectivity index (χ0v) is 10.9. The van der Waals surface area contributed by atoms with E-state index in [0.717, 1.165) is 11.1 Å². The molecule has 1 aliphatic heterocycles. The van der Waals surface area contributed by atoms with Gasteiger partial charge in [-0.1, -0.05) is 0 Å². The first kappa shape index (κ1) is 12.5. The number of aryl methyl sites for hydroxylation is 1. The minimum Gasteiger partial charge on any atom is -0.316 e. The van der Waals surface area contributed by atoms with E-state index in [9.17, 15) is 9.59 Å². The molecule has 18 heavy (non-hydrogen) atoms. The highest BCUT2D eigenvalue weighted by Crippen LogP contribution is 2.16. The Morgan fingerprint density at radius 1 is 1.39 bits per heavy atom. The molecule has 0 aromatic carbocycles. The molecule has 0 radical (unpaired) electrons. The van der Waals surface area contributed by atoms with E-state index >= 15 is 0 Å². The van der Waals surface area contributed by atoms with Gasteiger partial charge in [-0.05, 0) is 37.5 Å². The maximum atomic E-state index is 11.9. The minimum absolute atomic E-state index is 0.116. The second-order valence-corrected chi connectivity index (χ2v) is 4.61. The lowest BCUT2D eigenvalue weighted by Crippen LogP contribution is -2.33. The molecule has 1 aliphatic rings. The van der Waals surface area contributed by atoms with Crippen LogP contribution in [0, 0.1) is 6.92 Å². The molecule has 1 fully saturated rings. The largest absolute Gasteiger partial charge is 0.327 e. The van der Waals surface area contributed by atoms with Gasteiger partial charge < -0.3 is 4.90 Å². The van der Waals surface area contributed by atoms with Gasteiger partial charge in [-0.25, -0.2) is 4.79 Å². The van der Waals surface area contributed by atoms with Gasteiger partial charge in [0.25, 0.3) is 5.91 Å². The van der Waals surface area contributed by atoms with Crippen LogP contribution in [0.5, 0.6) is 0 Å². The van der Waals surface area contributed by atoms with E-state index in [4.69, 9.17) is 0 Å². The predicted molar refractivity (Wildman–Crippen MR) is 67.0 cm³/mol. The Balaban J connectivity index is 2.05. The number of likely N-dealkylation sites (N-methyl/N-ethyl adjacent to an activating group) is 1. The average molecular weight is 247 g/mol. The molecule has 0 aliphatic carbocycles. The minimum atomic E-state index is -0.351. The number of aromatic nitrogens is 1. The van der Waals surface area contributed by atoms with Gasteiger partial charge in [0.2, 0.25) is 0 Å². The van der Waals surface area contributed by atoms with Gasteiger partial charge in [0, 0.05) is 26.0 Å². The van der Waals surface area contributed by atoms with Gasteiger partial charge in [0.05, 0.1) is 0 Å². The summed E-state index contributed by atoms with van der Waals surface area (Å²) in [6.45, 7) is 4.15. The Labute approximate surface area is 106 Å². The summed E-state index contributed by atoms with van der Waals surface area (Å²) in [5.41, 5.74) is 2.20. The monoisotopic (exact) mass is 247 g/mol. The molecule has 1 aromatic rings. The summed E-state index contributed by atoms with van der Waals surface area (Å²) in [6.07, 6.45) is 4.19.